The number of aromatic nitrogens is 1. The Morgan fingerprint density at radius 1 is 1.09 bits per heavy atom. The van der Waals surface area contributed by atoms with Gasteiger partial charge < -0.3 is 14.5 Å². The highest BCUT2D eigenvalue weighted by molar-refractivity contribution is 7.89. The third kappa shape index (κ3) is 5.16. The van der Waals surface area contributed by atoms with E-state index in [1.165, 1.54) is 25.3 Å². The zero-order valence-corrected chi connectivity index (χ0v) is 19.3. The molecule has 3 aromatic carbocycles. The number of benzene rings is 3. The monoisotopic (exact) mass is 485 g/mol. The molecular formula is C23H20ClN3O5S. The van der Waals surface area contributed by atoms with Crippen molar-refractivity contribution >= 4 is 44.3 Å². The van der Waals surface area contributed by atoms with E-state index < -0.39 is 15.9 Å². The molecule has 170 valence electrons. The van der Waals surface area contributed by atoms with Gasteiger partial charge in [-0.15, -0.1) is 0 Å². The number of hydrogen-bond donors (Lipinski definition) is 2. The van der Waals surface area contributed by atoms with Gasteiger partial charge in [-0.3, -0.25) is 4.79 Å². The maximum absolute atomic E-state index is 13.0. The minimum absolute atomic E-state index is 0.0513. The first-order valence-electron chi connectivity index (χ1n) is 9.86. The molecule has 1 heterocycles. The third-order valence-corrected chi connectivity index (χ3v) is 6.52. The average Bonchev–Trinajstić information content (AvgIpc) is 3.17. The number of oxazole rings is 1. The molecular weight excluding hydrogens is 466 g/mol. The number of anilines is 1. The van der Waals surface area contributed by atoms with Gasteiger partial charge >= 0.3 is 0 Å². The lowest BCUT2D eigenvalue weighted by Gasteiger charge is -2.13. The number of ether oxygens (including phenoxy) is 1. The number of methoxy groups -OCH3 is 1. The third-order valence-electron chi connectivity index (χ3n) is 4.85. The second kappa shape index (κ2) is 9.22. The summed E-state index contributed by atoms with van der Waals surface area (Å²) >= 11 is 5.87. The Labute approximate surface area is 195 Å². The van der Waals surface area contributed by atoms with E-state index >= 15 is 0 Å². The lowest BCUT2D eigenvalue weighted by molar-refractivity contribution is 0.102. The fourth-order valence-corrected chi connectivity index (χ4v) is 4.54. The number of aryl methyl sites for hydroxylation is 1. The summed E-state index contributed by atoms with van der Waals surface area (Å²) in [4.78, 5) is 16.9. The summed E-state index contributed by atoms with van der Waals surface area (Å²) < 4.78 is 39.2. The number of nitrogens with one attached hydrogen (secondary N) is 2. The van der Waals surface area contributed by atoms with E-state index in [1.54, 1.807) is 49.4 Å². The molecule has 2 N–H and O–H groups in total. The van der Waals surface area contributed by atoms with Crippen molar-refractivity contribution in [3.05, 3.63) is 82.7 Å². The van der Waals surface area contributed by atoms with E-state index in [4.69, 9.17) is 20.8 Å². The van der Waals surface area contributed by atoms with Gasteiger partial charge in [0.1, 0.15) is 16.2 Å². The standard InChI is InChI=1S/C23H20ClN3O5S/c1-14-26-19-9-8-18(12-21(19)32-14)27-23(28)16-5-10-20(31-2)22(11-16)33(29,30)25-13-15-3-6-17(24)7-4-15/h3-12,25H,13H2,1-2H3,(H,27,28). The van der Waals surface area contributed by atoms with E-state index in [0.29, 0.717) is 27.7 Å². The van der Waals surface area contributed by atoms with Gasteiger partial charge in [-0.05, 0) is 48.0 Å². The van der Waals surface area contributed by atoms with Gasteiger partial charge in [0.25, 0.3) is 5.91 Å². The molecule has 0 radical (unpaired) electrons. The number of sulfonamides is 1. The molecule has 0 fully saturated rings. The average molecular weight is 486 g/mol. The molecule has 0 unspecified atom stereocenters. The van der Waals surface area contributed by atoms with Crippen molar-refractivity contribution in [2.45, 2.75) is 18.4 Å². The zero-order valence-electron chi connectivity index (χ0n) is 17.8. The zero-order chi connectivity index (χ0) is 23.6. The fourth-order valence-electron chi connectivity index (χ4n) is 3.21. The number of rotatable bonds is 7. The topological polar surface area (TPSA) is 111 Å². The van der Waals surface area contributed by atoms with Gasteiger partial charge in [-0.25, -0.2) is 18.1 Å². The molecule has 0 saturated heterocycles. The SMILES string of the molecule is COc1ccc(C(=O)Nc2ccc3nc(C)oc3c2)cc1S(=O)(=O)NCc1ccc(Cl)cc1. The van der Waals surface area contributed by atoms with Crippen LogP contribution < -0.4 is 14.8 Å². The Kier molecular flexibility index (Phi) is 6.37. The van der Waals surface area contributed by atoms with Gasteiger partial charge in [0.05, 0.1) is 7.11 Å². The number of carbonyl (C=O) groups excluding carboxylic acids is 1. The molecule has 4 aromatic rings. The molecule has 0 aliphatic rings. The lowest BCUT2D eigenvalue weighted by Crippen LogP contribution is -2.24. The Hall–Kier alpha value is -3.40. The highest BCUT2D eigenvalue weighted by Crippen LogP contribution is 2.26. The maximum atomic E-state index is 13.0. The van der Waals surface area contributed by atoms with Crippen LogP contribution in [0.15, 0.2) is 70.0 Å². The normalized spacial score (nSPS) is 11.5. The van der Waals surface area contributed by atoms with Crippen LogP contribution in [0.4, 0.5) is 5.69 Å². The predicted molar refractivity (Wildman–Crippen MR) is 125 cm³/mol. The van der Waals surface area contributed by atoms with Crippen LogP contribution in [-0.2, 0) is 16.6 Å². The van der Waals surface area contributed by atoms with Crippen LogP contribution in [-0.4, -0.2) is 26.4 Å². The molecule has 33 heavy (non-hydrogen) atoms. The summed E-state index contributed by atoms with van der Waals surface area (Å²) in [7, 11) is -2.61. The van der Waals surface area contributed by atoms with Crippen LogP contribution in [0.3, 0.4) is 0 Å². The molecule has 0 spiro atoms. The molecule has 1 amide bonds. The summed E-state index contributed by atoms with van der Waals surface area (Å²) in [6.07, 6.45) is 0. The summed E-state index contributed by atoms with van der Waals surface area (Å²) in [6.45, 7) is 1.79. The van der Waals surface area contributed by atoms with E-state index in [2.05, 4.69) is 15.0 Å². The van der Waals surface area contributed by atoms with Crippen molar-refractivity contribution in [2.75, 3.05) is 12.4 Å². The number of halogens is 1. The summed E-state index contributed by atoms with van der Waals surface area (Å²) in [6, 6.07) is 16.1. The first-order chi connectivity index (χ1) is 15.7. The smallest absolute Gasteiger partial charge is 0.255 e. The maximum Gasteiger partial charge on any atom is 0.255 e. The van der Waals surface area contributed by atoms with Gasteiger partial charge in [0.15, 0.2) is 11.5 Å². The van der Waals surface area contributed by atoms with Gasteiger partial charge in [0, 0.05) is 35.8 Å². The number of carbonyl (C=O) groups is 1. The van der Waals surface area contributed by atoms with Crippen LogP contribution in [0.1, 0.15) is 21.8 Å². The van der Waals surface area contributed by atoms with E-state index in [0.717, 1.165) is 5.56 Å². The molecule has 0 bridgehead atoms. The summed E-state index contributed by atoms with van der Waals surface area (Å²) in [5.41, 5.74) is 2.58. The quantitative estimate of drug-likeness (QED) is 0.398. The largest absolute Gasteiger partial charge is 0.495 e. The summed E-state index contributed by atoms with van der Waals surface area (Å²) in [5.74, 6) is 0.153. The van der Waals surface area contributed by atoms with Gasteiger partial charge in [-0.1, -0.05) is 23.7 Å². The number of fused-ring (bicyclic) bond motifs is 1. The van der Waals surface area contributed by atoms with E-state index in [9.17, 15) is 13.2 Å². The minimum atomic E-state index is -3.98. The Morgan fingerprint density at radius 3 is 2.58 bits per heavy atom. The minimum Gasteiger partial charge on any atom is -0.495 e. The molecule has 0 atom stereocenters. The van der Waals surface area contributed by atoms with Crippen LogP contribution in [0, 0.1) is 6.92 Å². The first kappa shape index (κ1) is 22.8. The molecule has 8 nitrogen and oxygen atoms in total. The van der Waals surface area contributed by atoms with Crippen molar-refractivity contribution in [3.8, 4) is 5.75 Å². The van der Waals surface area contributed by atoms with E-state index in [1.807, 2.05) is 0 Å². The van der Waals surface area contributed by atoms with Gasteiger partial charge in [0.2, 0.25) is 10.0 Å². The van der Waals surface area contributed by atoms with Crippen LogP contribution in [0.5, 0.6) is 5.75 Å². The highest BCUT2D eigenvalue weighted by atomic mass is 35.5. The van der Waals surface area contributed by atoms with Crippen molar-refractivity contribution in [2.24, 2.45) is 0 Å². The van der Waals surface area contributed by atoms with Crippen molar-refractivity contribution in [1.82, 2.24) is 9.71 Å². The number of amides is 1. The summed E-state index contributed by atoms with van der Waals surface area (Å²) in [5, 5.41) is 3.30. The van der Waals surface area contributed by atoms with Gasteiger partial charge in [-0.2, -0.15) is 0 Å². The number of hydrogen-bond acceptors (Lipinski definition) is 6. The van der Waals surface area contributed by atoms with Crippen molar-refractivity contribution in [3.63, 3.8) is 0 Å². The molecule has 0 aliphatic carbocycles. The Balaban J connectivity index is 1.56. The molecule has 0 saturated carbocycles. The Morgan fingerprint density at radius 2 is 1.85 bits per heavy atom. The van der Waals surface area contributed by atoms with E-state index in [-0.39, 0.29) is 22.8 Å². The molecule has 1 aromatic heterocycles. The lowest BCUT2D eigenvalue weighted by atomic mass is 10.2. The molecule has 0 aliphatic heterocycles. The van der Waals surface area contributed by atoms with Crippen LogP contribution >= 0.6 is 11.6 Å². The molecule has 4 rings (SSSR count). The second-order valence-electron chi connectivity index (χ2n) is 7.19. The fraction of sp³-hybridized carbons (Fsp3) is 0.130. The second-order valence-corrected chi connectivity index (χ2v) is 9.36. The Bertz CT molecular complexity index is 1430. The first-order valence-corrected chi connectivity index (χ1v) is 11.7. The molecule has 10 heteroatoms. The highest BCUT2D eigenvalue weighted by Gasteiger charge is 2.22. The van der Waals surface area contributed by atoms with Crippen molar-refractivity contribution < 1.29 is 22.4 Å². The van der Waals surface area contributed by atoms with Crippen LogP contribution in [0.25, 0.3) is 11.1 Å². The van der Waals surface area contributed by atoms with Crippen LogP contribution in [0.2, 0.25) is 5.02 Å². The number of nitrogens with zero attached hydrogens (tertiary/aromatic N) is 1. The van der Waals surface area contributed by atoms with Crippen molar-refractivity contribution in [1.29, 1.82) is 0 Å². The predicted octanol–water partition coefficient (Wildman–Crippen LogP) is 4.53.